The van der Waals surface area contributed by atoms with Crippen LogP contribution < -0.4 is 0 Å². The normalized spacial score (nSPS) is 11.5. The van der Waals surface area contributed by atoms with Crippen LogP contribution in [0.25, 0.3) is 0 Å². The third kappa shape index (κ3) is 11.6. The molecule has 0 aromatic carbocycles. The minimum Gasteiger partial charge on any atom is -0.110 e. The summed E-state index contributed by atoms with van der Waals surface area (Å²) in [5, 5.41) is 0. The first kappa shape index (κ1) is 13.6. The van der Waals surface area contributed by atoms with Gasteiger partial charge in [0.1, 0.15) is 0 Å². The zero-order valence-electron chi connectivity index (χ0n) is 6.49. The summed E-state index contributed by atoms with van der Waals surface area (Å²) in [6, 6.07) is 2.24. The molecule has 0 bridgehead atoms. The molecule has 0 aliphatic carbocycles. The van der Waals surface area contributed by atoms with E-state index in [0.717, 1.165) is 12.1 Å². The highest BCUT2D eigenvalue weighted by atomic mass is 35.5. The van der Waals surface area contributed by atoms with Crippen molar-refractivity contribution in [3.05, 3.63) is 0 Å². The number of alkyl halides is 4. The number of halogens is 4. The Morgan fingerprint density at radius 2 is 1.08 bits per heavy atom. The second kappa shape index (κ2) is 9.16. The van der Waals surface area contributed by atoms with Crippen LogP contribution in [0.4, 0.5) is 0 Å². The highest BCUT2D eigenvalue weighted by molar-refractivity contribution is 6.69. The molecule has 0 amide bonds. The summed E-state index contributed by atoms with van der Waals surface area (Å²) >= 11 is 22.3. The summed E-state index contributed by atoms with van der Waals surface area (Å²) in [6.07, 6.45) is 2.36. The monoisotopic (exact) mass is 278 g/mol. The molecule has 6 heteroatoms. The lowest BCUT2D eigenvalue weighted by molar-refractivity contribution is 0.872. The van der Waals surface area contributed by atoms with Gasteiger partial charge in [-0.3, -0.25) is 0 Å². The van der Waals surface area contributed by atoms with Gasteiger partial charge in [-0.05, 0) is 0 Å². The molecule has 70 valence electrons. The molecule has 0 unspecified atom stereocenters. The Morgan fingerprint density at radius 1 is 0.750 bits per heavy atom. The number of unbranched alkanes of at least 4 members (excludes halogenated alkanes) is 1. The summed E-state index contributed by atoms with van der Waals surface area (Å²) in [5.74, 6) is 0. The summed E-state index contributed by atoms with van der Waals surface area (Å²) in [4.78, 5) is 0. The molecule has 0 saturated heterocycles. The van der Waals surface area contributed by atoms with Crippen molar-refractivity contribution in [3.8, 4) is 0 Å². The maximum atomic E-state index is 5.58. The van der Waals surface area contributed by atoms with E-state index in [-0.39, 0.29) is 8.92 Å². The molecule has 4 radical (unpaired) electrons. The van der Waals surface area contributed by atoms with E-state index in [2.05, 4.69) is 0 Å². The molecule has 0 aromatic heterocycles. The van der Waals surface area contributed by atoms with E-state index in [1.54, 1.807) is 0 Å². The lowest BCUT2D eigenvalue weighted by atomic mass is 10.4. The molecule has 0 spiro atoms. The van der Waals surface area contributed by atoms with Crippen LogP contribution in [0.5, 0.6) is 0 Å². The van der Waals surface area contributed by atoms with Crippen molar-refractivity contribution in [2.45, 2.75) is 33.8 Å². The van der Waals surface area contributed by atoms with Crippen LogP contribution in [0.3, 0.4) is 0 Å². The smallest absolute Gasteiger partial charge is 0.0929 e. The van der Waals surface area contributed by atoms with Crippen molar-refractivity contribution in [1.29, 1.82) is 0 Å². The summed E-state index contributed by atoms with van der Waals surface area (Å²) in [7, 11) is 1.32. The molecule has 12 heavy (non-hydrogen) atoms. The fraction of sp³-hybridized carbons (Fsp3) is 1.00. The lowest BCUT2D eigenvalue weighted by Crippen LogP contribution is -2.02. The maximum absolute atomic E-state index is 5.58. The Balaban J connectivity index is 2.91. The Hall–Kier alpha value is 1.59. The van der Waals surface area contributed by atoms with Gasteiger partial charge in [-0.15, -0.1) is 46.4 Å². The molecule has 0 aliphatic rings. The van der Waals surface area contributed by atoms with Crippen molar-refractivity contribution >= 4 is 65.4 Å². The minimum absolute atomic E-state index is 0.179. The van der Waals surface area contributed by atoms with Crippen molar-refractivity contribution in [2.75, 3.05) is 0 Å². The van der Waals surface area contributed by atoms with Gasteiger partial charge in [0, 0.05) is 0 Å². The van der Waals surface area contributed by atoms with Crippen LogP contribution in [-0.4, -0.2) is 28.0 Å². The predicted octanol–water partition coefficient (Wildman–Crippen LogP) is 3.53. The highest BCUT2D eigenvalue weighted by Crippen LogP contribution is 2.09. The summed E-state index contributed by atoms with van der Waals surface area (Å²) in [6.45, 7) is 0. The zero-order valence-corrected chi connectivity index (χ0v) is 11.5. The van der Waals surface area contributed by atoms with Crippen LogP contribution in [0, 0.1) is 0 Å². The standard InChI is InChI=1S/C6H10Cl4Si2/c7-5(8)11-3-1-2-4-12-6(9)10/h5-6H,1-4H2. The zero-order chi connectivity index (χ0) is 9.40. The van der Waals surface area contributed by atoms with Crippen LogP contribution in [0.15, 0.2) is 0 Å². The average Bonchev–Trinajstić information content (AvgIpc) is 1.95. The fourth-order valence-corrected chi connectivity index (χ4v) is 3.33. The van der Waals surface area contributed by atoms with Gasteiger partial charge in [0.2, 0.25) is 0 Å². The fourth-order valence-electron chi connectivity index (χ4n) is 0.672. The van der Waals surface area contributed by atoms with Crippen LogP contribution in [0.2, 0.25) is 12.1 Å². The van der Waals surface area contributed by atoms with Crippen LogP contribution >= 0.6 is 46.4 Å². The third-order valence-electron chi connectivity index (χ3n) is 1.20. The first-order valence-corrected chi connectivity index (χ1v) is 7.97. The highest BCUT2D eigenvalue weighted by Gasteiger charge is 2.01. The number of hydrogen-bond donors (Lipinski definition) is 0. The SMILES string of the molecule is ClC(Cl)[Si]CCCC[Si]C(Cl)Cl. The van der Waals surface area contributed by atoms with Gasteiger partial charge in [0.15, 0.2) is 0 Å². The van der Waals surface area contributed by atoms with E-state index >= 15 is 0 Å². The Bertz CT molecular complexity index is 87.5. The second-order valence-electron chi connectivity index (χ2n) is 2.22. The first-order valence-electron chi connectivity index (χ1n) is 3.66. The largest absolute Gasteiger partial charge is 0.110 e. The van der Waals surface area contributed by atoms with Crippen molar-refractivity contribution in [1.82, 2.24) is 0 Å². The molecular weight excluding hydrogens is 270 g/mol. The van der Waals surface area contributed by atoms with E-state index in [9.17, 15) is 0 Å². The van der Waals surface area contributed by atoms with Crippen LogP contribution in [0.1, 0.15) is 12.8 Å². The average molecular weight is 280 g/mol. The second-order valence-corrected chi connectivity index (χ2v) is 8.84. The van der Waals surface area contributed by atoms with Crippen LogP contribution in [-0.2, 0) is 0 Å². The minimum atomic E-state index is -0.179. The Kier molecular flexibility index (Phi) is 10.4. The van der Waals surface area contributed by atoms with Gasteiger partial charge in [0.05, 0.1) is 28.0 Å². The quantitative estimate of drug-likeness (QED) is 0.380. The van der Waals surface area contributed by atoms with Gasteiger partial charge < -0.3 is 0 Å². The predicted molar refractivity (Wildman–Crippen MR) is 61.3 cm³/mol. The van der Waals surface area contributed by atoms with Gasteiger partial charge in [0.25, 0.3) is 0 Å². The molecule has 0 N–H and O–H groups in total. The molecule has 0 aliphatic heterocycles. The van der Waals surface area contributed by atoms with Crippen molar-refractivity contribution < 1.29 is 0 Å². The molecule has 0 atom stereocenters. The summed E-state index contributed by atoms with van der Waals surface area (Å²) in [5.41, 5.74) is 0. The van der Waals surface area contributed by atoms with E-state index in [1.807, 2.05) is 0 Å². The van der Waals surface area contributed by atoms with E-state index in [0.29, 0.717) is 19.0 Å². The first-order chi connectivity index (χ1) is 5.63. The Labute approximate surface area is 98.9 Å². The summed E-state index contributed by atoms with van der Waals surface area (Å²) < 4.78 is -0.359. The Morgan fingerprint density at radius 3 is 1.33 bits per heavy atom. The number of hydrogen-bond acceptors (Lipinski definition) is 0. The van der Waals surface area contributed by atoms with Crippen molar-refractivity contribution in [2.24, 2.45) is 0 Å². The van der Waals surface area contributed by atoms with E-state index in [1.165, 1.54) is 12.8 Å². The molecule has 0 heterocycles. The topological polar surface area (TPSA) is 0 Å². The molecular formula is C6H10Cl4Si2. The van der Waals surface area contributed by atoms with E-state index < -0.39 is 0 Å². The molecule has 0 aromatic rings. The van der Waals surface area contributed by atoms with E-state index in [4.69, 9.17) is 46.4 Å². The molecule has 0 rings (SSSR count). The lowest BCUT2D eigenvalue weighted by Gasteiger charge is -2.00. The number of rotatable bonds is 7. The molecule has 0 saturated carbocycles. The van der Waals surface area contributed by atoms with Crippen molar-refractivity contribution in [3.63, 3.8) is 0 Å². The van der Waals surface area contributed by atoms with Gasteiger partial charge in [-0.25, -0.2) is 0 Å². The van der Waals surface area contributed by atoms with Gasteiger partial charge in [-0.1, -0.05) is 24.9 Å². The third-order valence-corrected chi connectivity index (χ3v) is 4.95. The van der Waals surface area contributed by atoms with Gasteiger partial charge >= 0.3 is 0 Å². The maximum Gasteiger partial charge on any atom is 0.0929 e. The molecule has 0 fully saturated rings. The molecule has 0 nitrogen and oxygen atoms in total. The van der Waals surface area contributed by atoms with Gasteiger partial charge in [-0.2, -0.15) is 0 Å².